The van der Waals surface area contributed by atoms with Gasteiger partial charge in [0.1, 0.15) is 0 Å². The highest BCUT2D eigenvalue weighted by molar-refractivity contribution is 9.10. The van der Waals surface area contributed by atoms with Gasteiger partial charge in [-0.05, 0) is 43.3 Å². The second-order valence-electron chi connectivity index (χ2n) is 4.77. The van der Waals surface area contributed by atoms with Gasteiger partial charge in [0.25, 0.3) is 5.91 Å². The number of anilines is 1. The first kappa shape index (κ1) is 18.0. The van der Waals surface area contributed by atoms with E-state index in [1.165, 1.54) is 19.1 Å². The van der Waals surface area contributed by atoms with Gasteiger partial charge in [-0.2, -0.15) is 0 Å². The van der Waals surface area contributed by atoms with Crippen molar-refractivity contribution in [3.63, 3.8) is 0 Å². The summed E-state index contributed by atoms with van der Waals surface area (Å²) in [4.78, 5) is 23.8. The summed E-state index contributed by atoms with van der Waals surface area (Å²) in [6.45, 7) is 1.27. The van der Waals surface area contributed by atoms with E-state index in [1.807, 2.05) is 5.32 Å². The molecule has 2 aromatic carbocycles. The molecule has 0 aromatic heterocycles. The van der Waals surface area contributed by atoms with Crippen molar-refractivity contribution in [2.75, 3.05) is 5.32 Å². The fourth-order valence-corrected chi connectivity index (χ4v) is 1.99. The topological polar surface area (TPSA) is 55.4 Å². The first-order chi connectivity index (χ1) is 11.3. The van der Waals surface area contributed by atoms with Crippen molar-refractivity contribution in [1.82, 2.24) is 0 Å². The maximum Gasteiger partial charge on any atom is 0.338 e. The van der Waals surface area contributed by atoms with Crippen LogP contribution in [0.2, 0.25) is 0 Å². The number of nitrogens with one attached hydrogen (secondary N) is 1. The van der Waals surface area contributed by atoms with E-state index in [0.717, 1.165) is 10.5 Å². The van der Waals surface area contributed by atoms with Crippen molar-refractivity contribution in [3.8, 4) is 0 Å². The van der Waals surface area contributed by atoms with E-state index in [9.17, 15) is 22.8 Å². The zero-order valence-electron chi connectivity index (χ0n) is 12.3. The van der Waals surface area contributed by atoms with Gasteiger partial charge in [-0.3, -0.25) is 4.79 Å². The van der Waals surface area contributed by atoms with Gasteiger partial charge in [0.05, 0.1) is 11.3 Å². The van der Waals surface area contributed by atoms with Crippen LogP contribution in [-0.2, 0) is 9.53 Å². The van der Waals surface area contributed by atoms with Gasteiger partial charge < -0.3 is 10.1 Å². The molecule has 0 aliphatic heterocycles. The maximum absolute atomic E-state index is 13.5. The molecule has 0 spiro atoms. The van der Waals surface area contributed by atoms with Crippen LogP contribution in [0.25, 0.3) is 0 Å². The van der Waals surface area contributed by atoms with Crippen LogP contribution >= 0.6 is 15.9 Å². The van der Waals surface area contributed by atoms with E-state index in [4.69, 9.17) is 4.74 Å². The van der Waals surface area contributed by atoms with Crippen LogP contribution in [0, 0.1) is 17.5 Å². The molecule has 2 aromatic rings. The third-order valence-corrected chi connectivity index (χ3v) is 3.55. The van der Waals surface area contributed by atoms with Crippen molar-refractivity contribution in [1.29, 1.82) is 0 Å². The van der Waals surface area contributed by atoms with Gasteiger partial charge >= 0.3 is 5.97 Å². The molecule has 1 atom stereocenters. The van der Waals surface area contributed by atoms with Gasteiger partial charge in [-0.15, -0.1) is 0 Å². The molecule has 8 heteroatoms. The molecule has 24 heavy (non-hydrogen) atoms. The molecule has 2 rings (SSSR count). The lowest BCUT2D eigenvalue weighted by Crippen LogP contribution is -2.30. The smallest absolute Gasteiger partial charge is 0.338 e. The molecule has 4 nitrogen and oxygen atoms in total. The molecule has 0 heterocycles. The van der Waals surface area contributed by atoms with Gasteiger partial charge in [0.2, 0.25) is 0 Å². The Labute approximate surface area is 143 Å². The third kappa shape index (κ3) is 4.14. The van der Waals surface area contributed by atoms with Crippen molar-refractivity contribution < 1.29 is 27.5 Å². The molecule has 0 saturated heterocycles. The fraction of sp³-hybridized carbons (Fsp3) is 0.125. The fourth-order valence-electron chi connectivity index (χ4n) is 1.72. The third-order valence-electron chi connectivity index (χ3n) is 3.03. The second-order valence-corrected chi connectivity index (χ2v) is 5.68. The zero-order valence-corrected chi connectivity index (χ0v) is 13.9. The van der Waals surface area contributed by atoms with E-state index >= 15 is 0 Å². The lowest BCUT2D eigenvalue weighted by Gasteiger charge is -2.14. The van der Waals surface area contributed by atoms with Crippen molar-refractivity contribution in [3.05, 3.63) is 63.9 Å². The average Bonchev–Trinajstić information content (AvgIpc) is 2.55. The summed E-state index contributed by atoms with van der Waals surface area (Å²) in [6, 6.07) is 7.77. The van der Waals surface area contributed by atoms with E-state index < -0.39 is 41.1 Å². The first-order valence-corrected chi connectivity index (χ1v) is 7.50. The summed E-state index contributed by atoms with van der Waals surface area (Å²) < 4.78 is 45.2. The Hall–Kier alpha value is -2.35. The Morgan fingerprint density at radius 3 is 2.29 bits per heavy atom. The van der Waals surface area contributed by atoms with Crippen LogP contribution in [0.5, 0.6) is 0 Å². The van der Waals surface area contributed by atoms with E-state index in [1.54, 1.807) is 12.1 Å². The summed E-state index contributed by atoms with van der Waals surface area (Å²) in [5, 5.41) is 2.04. The summed E-state index contributed by atoms with van der Waals surface area (Å²) in [5.41, 5.74) is -0.331. The number of hydrogen-bond acceptors (Lipinski definition) is 3. The summed E-state index contributed by atoms with van der Waals surface area (Å²) in [6.07, 6.45) is -1.27. The van der Waals surface area contributed by atoms with Crippen LogP contribution < -0.4 is 5.32 Å². The van der Waals surface area contributed by atoms with Crippen LogP contribution in [0.15, 0.2) is 40.9 Å². The van der Waals surface area contributed by atoms with Crippen LogP contribution in [0.4, 0.5) is 18.9 Å². The number of halogens is 4. The number of carbonyl (C=O) groups excluding carboxylic acids is 2. The van der Waals surface area contributed by atoms with Crippen molar-refractivity contribution >= 4 is 33.5 Å². The van der Waals surface area contributed by atoms with E-state index in [2.05, 4.69) is 15.9 Å². The zero-order chi connectivity index (χ0) is 17.9. The molecule has 126 valence electrons. The number of esters is 1. The predicted octanol–water partition coefficient (Wildman–Crippen LogP) is 4.05. The molecule has 0 fully saturated rings. The molecule has 0 unspecified atom stereocenters. The Bertz CT molecular complexity index is 781. The Morgan fingerprint density at radius 1 is 1.04 bits per heavy atom. The Balaban J connectivity index is 2.03. The van der Waals surface area contributed by atoms with Gasteiger partial charge in [-0.1, -0.05) is 15.9 Å². The second kappa shape index (κ2) is 7.48. The quantitative estimate of drug-likeness (QED) is 0.620. The lowest BCUT2D eigenvalue weighted by molar-refractivity contribution is -0.123. The number of hydrogen-bond donors (Lipinski definition) is 1. The molecular weight excluding hydrogens is 391 g/mol. The Kier molecular flexibility index (Phi) is 5.61. The van der Waals surface area contributed by atoms with Gasteiger partial charge in [-0.25, -0.2) is 18.0 Å². The molecular formula is C16H11BrF3NO3. The highest BCUT2D eigenvalue weighted by atomic mass is 79.9. The number of rotatable bonds is 4. The molecule has 0 saturated carbocycles. The van der Waals surface area contributed by atoms with Crippen molar-refractivity contribution in [2.45, 2.75) is 13.0 Å². The number of benzene rings is 2. The van der Waals surface area contributed by atoms with Gasteiger partial charge in [0.15, 0.2) is 23.6 Å². The standard InChI is InChI=1S/C16H11BrF3NO3/c1-8(24-16(23)9-2-4-10(17)5-3-9)15(22)21-12-7-6-11(18)13(19)14(12)20/h2-8H,1H3,(H,21,22)/t8-/m1/s1. The van der Waals surface area contributed by atoms with E-state index in [-0.39, 0.29) is 5.56 Å². The SMILES string of the molecule is C[C@@H](OC(=O)c1ccc(Br)cc1)C(=O)Nc1ccc(F)c(F)c1F. The van der Waals surface area contributed by atoms with Gasteiger partial charge in [0, 0.05) is 4.47 Å². The minimum Gasteiger partial charge on any atom is -0.449 e. The Morgan fingerprint density at radius 2 is 1.67 bits per heavy atom. The minimum atomic E-state index is -1.70. The predicted molar refractivity (Wildman–Crippen MR) is 84.0 cm³/mol. The van der Waals surface area contributed by atoms with Crippen LogP contribution in [0.1, 0.15) is 17.3 Å². The summed E-state index contributed by atoms with van der Waals surface area (Å²) >= 11 is 3.21. The molecule has 0 aliphatic rings. The first-order valence-electron chi connectivity index (χ1n) is 6.70. The number of amides is 1. The van der Waals surface area contributed by atoms with Crippen molar-refractivity contribution in [2.24, 2.45) is 0 Å². The maximum atomic E-state index is 13.5. The minimum absolute atomic E-state index is 0.219. The molecule has 1 N–H and O–H groups in total. The number of ether oxygens (including phenoxy) is 1. The highest BCUT2D eigenvalue weighted by Gasteiger charge is 2.21. The van der Waals surface area contributed by atoms with Crippen LogP contribution in [-0.4, -0.2) is 18.0 Å². The summed E-state index contributed by atoms with van der Waals surface area (Å²) in [5.74, 6) is -6.25. The molecule has 0 aliphatic carbocycles. The van der Waals surface area contributed by atoms with E-state index in [0.29, 0.717) is 6.07 Å². The molecule has 0 bridgehead atoms. The summed E-state index contributed by atoms with van der Waals surface area (Å²) in [7, 11) is 0. The molecule has 1 amide bonds. The largest absolute Gasteiger partial charge is 0.449 e. The normalized spacial score (nSPS) is 11.7. The highest BCUT2D eigenvalue weighted by Crippen LogP contribution is 2.20. The van der Waals surface area contributed by atoms with Crippen LogP contribution in [0.3, 0.4) is 0 Å². The lowest BCUT2D eigenvalue weighted by atomic mass is 10.2. The average molecular weight is 402 g/mol. The number of carbonyl (C=O) groups is 2. The molecule has 0 radical (unpaired) electrons. The monoisotopic (exact) mass is 401 g/mol.